The number of nitrogen functional groups attached to an aromatic ring is 1. The molecule has 4 atom stereocenters. The van der Waals surface area contributed by atoms with Crippen molar-refractivity contribution in [2.24, 2.45) is 5.92 Å². The third kappa shape index (κ3) is 2.97. The number of thiazole rings is 1. The lowest BCUT2D eigenvalue weighted by Crippen LogP contribution is -2.35. The number of nitrogens with two attached hydrogens (primary N) is 1. The Morgan fingerprint density at radius 2 is 2.08 bits per heavy atom. The summed E-state index contributed by atoms with van der Waals surface area (Å²) in [5, 5.41) is 33.4. The van der Waals surface area contributed by atoms with E-state index in [-0.39, 0.29) is 12.6 Å². The summed E-state index contributed by atoms with van der Waals surface area (Å²) in [4.78, 5) is 17.0. The first-order chi connectivity index (χ1) is 12.6. The summed E-state index contributed by atoms with van der Waals surface area (Å²) >= 11 is 1.45. The normalized spacial score (nSPS) is 25.7. The Labute approximate surface area is 152 Å². The van der Waals surface area contributed by atoms with Crippen LogP contribution in [0.4, 0.5) is 11.8 Å². The second kappa shape index (κ2) is 6.72. The topological polar surface area (TPSA) is 150 Å². The minimum atomic E-state index is -1.02. The summed E-state index contributed by atoms with van der Waals surface area (Å²) in [6.45, 7) is -0.194. The maximum atomic E-state index is 10.2. The molecule has 1 aliphatic carbocycles. The van der Waals surface area contributed by atoms with Crippen LogP contribution < -0.4 is 11.1 Å². The summed E-state index contributed by atoms with van der Waals surface area (Å²) in [5.41, 5.74) is 7.20. The van der Waals surface area contributed by atoms with Gasteiger partial charge >= 0.3 is 0 Å². The van der Waals surface area contributed by atoms with Gasteiger partial charge in [0.15, 0.2) is 0 Å². The molecule has 6 N–H and O–H groups in total. The molecule has 0 spiro atoms. The highest BCUT2D eigenvalue weighted by Crippen LogP contribution is 2.35. The number of hydrogen-bond acceptors (Lipinski definition) is 10. The van der Waals surface area contributed by atoms with Crippen LogP contribution in [0.2, 0.25) is 0 Å². The third-order valence-corrected chi connectivity index (χ3v) is 5.63. The summed E-state index contributed by atoms with van der Waals surface area (Å²) in [7, 11) is 0. The largest absolute Gasteiger partial charge is 0.396 e. The first-order valence-corrected chi connectivity index (χ1v) is 8.95. The number of rotatable bonds is 4. The fourth-order valence-electron chi connectivity index (χ4n) is 3.18. The number of pyridine rings is 1. The van der Waals surface area contributed by atoms with Gasteiger partial charge in [-0.05, 0) is 12.5 Å². The average molecular weight is 374 g/mol. The molecule has 1 saturated carbocycles. The average Bonchev–Trinajstić information content (AvgIpc) is 3.18. The Bertz CT molecular complexity index is 902. The number of aliphatic hydroxyl groups is 3. The van der Waals surface area contributed by atoms with Crippen molar-refractivity contribution in [1.82, 2.24) is 19.9 Å². The molecule has 0 radical (unpaired) electrons. The van der Waals surface area contributed by atoms with Gasteiger partial charge in [0.1, 0.15) is 16.9 Å². The summed E-state index contributed by atoms with van der Waals surface area (Å²) < 4.78 is 0.932. The van der Waals surface area contributed by atoms with E-state index < -0.39 is 24.2 Å². The van der Waals surface area contributed by atoms with Gasteiger partial charge in [-0.25, -0.2) is 9.97 Å². The van der Waals surface area contributed by atoms with E-state index in [9.17, 15) is 15.3 Å². The number of anilines is 2. The zero-order chi connectivity index (χ0) is 18.3. The summed E-state index contributed by atoms with van der Waals surface area (Å²) in [6, 6.07) is 1.36. The minimum absolute atomic E-state index is 0.0887. The molecule has 10 heteroatoms. The highest BCUT2D eigenvalue weighted by Gasteiger charge is 2.41. The third-order valence-electron chi connectivity index (χ3n) is 4.59. The van der Waals surface area contributed by atoms with E-state index in [1.54, 1.807) is 18.6 Å². The van der Waals surface area contributed by atoms with E-state index in [4.69, 9.17) is 5.73 Å². The number of nitrogens with one attached hydrogen (secondary N) is 1. The zero-order valence-corrected chi connectivity index (χ0v) is 14.5. The lowest BCUT2D eigenvalue weighted by molar-refractivity contribution is 0.00446. The van der Waals surface area contributed by atoms with Crippen molar-refractivity contribution < 1.29 is 15.3 Å². The molecule has 0 aliphatic heterocycles. The van der Waals surface area contributed by atoms with Crippen LogP contribution in [0.25, 0.3) is 20.8 Å². The molecule has 136 valence electrons. The molecule has 4 rings (SSSR count). The van der Waals surface area contributed by atoms with Gasteiger partial charge in [0.05, 0.1) is 27.9 Å². The minimum Gasteiger partial charge on any atom is -0.396 e. The maximum Gasteiger partial charge on any atom is 0.221 e. The second-order valence-electron chi connectivity index (χ2n) is 6.26. The Kier molecular flexibility index (Phi) is 4.41. The highest BCUT2D eigenvalue weighted by molar-refractivity contribution is 7.21. The van der Waals surface area contributed by atoms with Gasteiger partial charge in [-0.15, -0.1) is 11.3 Å². The standard InChI is InChI=1S/C16H18N6O3S/c17-16-19-4-8(15-21-9-1-2-18-5-11(9)26-15)14(22-16)20-10-3-7(6-23)12(24)13(10)25/h1-2,4-5,7,10,12-13,23-25H,3,6H2,(H3,17,19,20,22)/t7-,10-,12-,13+/m1/s1. The fraction of sp³-hybridized carbons (Fsp3) is 0.375. The molecule has 1 fully saturated rings. The van der Waals surface area contributed by atoms with Crippen molar-refractivity contribution >= 4 is 33.3 Å². The Balaban J connectivity index is 1.69. The molecular formula is C16H18N6O3S. The van der Waals surface area contributed by atoms with E-state index in [0.29, 0.717) is 22.8 Å². The molecule has 26 heavy (non-hydrogen) atoms. The van der Waals surface area contributed by atoms with Crippen LogP contribution in [0.1, 0.15) is 6.42 Å². The molecule has 9 nitrogen and oxygen atoms in total. The van der Waals surface area contributed by atoms with Crippen molar-refractivity contribution in [3.8, 4) is 10.6 Å². The molecule has 0 amide bonds. The van der Waals surface area contributed by atoms with Gasteiger partial charge in [0.2, 0.25) is 5.95 Å². The zero-order valence-electron chi connectivity index (χ0n) is 13.6. The van der Waals surface area contributed by atoms with Crippen molar-refractivity contribution in [2.45, 2.75) is 24.7 Å². The number of aromatic nitrogens is 4. The van der Waals surface area contributed by atoms with E-state index in [1.165, 1.54) is 11.3 Å². The molecular weight excluding hydrogens is 356 g/mol. The van der Waals surface area contributed by atoms with Gasteiger partial charge in [-0.1, -0.05) is 0 Å². The number of fused-ring (bicyclic) bond motifs is 1. The first kappa shape index (κ1) is 17.0. The monoisotopic (exact) mass is 374 g/mol. The Hall–Kier alpha value is -2.40. The first-order valence-electron chi connectivity index (χ1n) is 8.13. The number of hydrogen-bond donors (Lipinski definition) is 5. The van der Waals surface area contributed by atoms with Crippen LogP contribution in [0.3, 0.4) is 0 Å². The van der Waals surface area contributed by atoms with Crippen molar-refractivity contribution in [3.05, 3.63) is 24.7 Å². The summed E-state index contributed by atoms with van der Waals surface area (Å²) in [5.74, 6) is 0.129. The van der Waals surface area contributed by atoms with Crippen molar-refractivity contribution in [3.63, 3.8) is 0 Å². The van der Waals surface area contributed by atoms with Gasteiger partial charge in [-0.3, -0.25) is 4.98 Å². The predicted molar refractivity (Wildman–Crippen MR) is 97.5 cm³/mol. The molecule has 0 aromatic carbocycles. The molecule has 0 saturated heterocycles. The molecule has 3 heterocycles. The molecule has 0 unspecified atom stereocenters. The Morgan fingerprint density at radius 3 is 2.81 bits per heavy atom. The molecule has 0 bridgehead atoms. The van der Waals surface area contributed by atoms with Gasteiger partial charge in [0, 0.05) is 31.1 Å². The molecule has 3 aromatic rings. The molecule has 1 aliphatic rings. The van der Waals surface area contributed by atoms with Crippen LogP contribution in [0, 0.1) is 5.92 Å². The number of nitrogens with zero attached hydrogens (tertiary/aromatic N) is 4. The SMILES string of the molecule is Nc1ncc(-c2nc3ccncc3s2)c(N[C@@H]2C[C@H](CO)[C@@H](O)[C@H]2O)n1. The van der Waals surface area contributed by atoms with Crippen LogP contribution >= 0.6 is 11.3 Å². The van der Waals surface area contributed by atoms with E-state index in [0.717, 1.165) is 10.2 Å². The van der Waals surface area contributed by atoms with Gasteiger partial charge < -0.3 is 26.4 Å². The highest BCUT2D eigenvalue weighted by atomic mass is 32.1. The number of aliphatic hydroxyl groups excluding tert-OH is 3. The smallest absolute Gasteiger partial charge is 0.221 e. The van der Waals surface area contributed by atoms with Crippen molar-refractivity contribution in [2.75, 3.05) is 17.7 Å². The van der Waals surface area contributed by atoms with Crippen LogP contribution in [0.15, 0.2) is 24.7 Å². The quantitative estimate of drug-likeness (QED) is 0.433. The maximum absolute atomic E-state index is 10.2. The van der Waals surface area contributed by atoms with Crippen LogP contribution in [-0.4, -0.2) is 60.1 Å². The lowest BCUT2D eigenvalue weighted by Gasteiger charge is -2.19. The fourth-order valence-corrected chi connectivity index (χ4v) is 4.12. The van der Waals surface area contributed by atoms with Gasteiger partial charge in [-0.2, -0.15) is 4.98 Å². The van der Waals surface area contributed by atoms with E-state index >= 15 is 0 Å². The van der Waals surface area contributed by atoms with Crippen LogP contribution in [0.5, 0.6) is 0 Å². The summed E-state index contributed by atoms with van der Waals surface area (Å²) in [6.07, 6.45) is 3.40. The van der Waals surface area contributed by atoms with E-state index in [2.05, 4.69) is 25.3 Å². The second-order valence-corrected chi connectivity index (χ2v) is 7.29. The van der Waals surface area contributed by atoms with Gasteiger partial charge in [0.25, 0.3) is 0 Å². The predicted octanol–water partition coefficient (Wildman–Crippen LogP) is 0.245. The molecule has 3 aromatic heterocycles. The van der Waals surface area contributed by atoms with E-state index in [1.807, 2.05) is 6.07 Å². The van der Waals surface area contributed by atoms with Crippen molar-refractivity contribution in [1.29, 1.82) is 0 Å². The van der Waals surface area contributed by atoms with Crippen LogP contribution in [-0.2, 0) is 0 Å². The lowest BCUT2D eigenvalue weighted by atomic mass is 10.1. The Morgan fingerprint density at radius 1 is 1.23 bits per heavy atom.